The third-order valence-electron chi connectivity index (χ3n) is 3.00. The highest BCUT2D eigenvalue weighted by atomic mass is 19.2. The van der Waals surface area contributed by atoms with Crippen LogP contribution in [-0.4, -0.2) is 11.1 Å². The van der Waals surface area contributed by atoms with Crippen molar-refractivity contribution in [2.24, 2.45) is 5.41 Å². The monoisotopic (exact) mass is 256 g/mol. The number of carboxylic acid groups (broad SMARTS) is 1. The third kappa shape index (κ3) is 3.06. The van der Waals surface area contributed by atoms with Crippen molar-refractivity contribution in [3.63, 3.8) is 0 Å². The molecule has 0 fully saturated rings. The van der Waals surface area contributed by atoms with E-state index >= 15 is 0 Å². The molecule has 18 heavy (non-hydrogen) atoms. The summed E-state index contributed by atoms with van der Waals surface area (Å²) in [7, 11) is 0. The van der Waals surface area contributed by atoms with Gasteiger partial charge in [0, 0.05) is 0 Å². The van der Waals surface area contributed by atoms with E-state index in [9.17, 15) is 13.6 Å². The van der Waals surface area contributed by atoms with Crippen molar-refractivity contribution in [2.75, 3.05) is 0 Å². The molecule has 1 N–H and O–H groups in total. The number of benzene rings is 1. The molecular weight excluding hydrogens is 238 g/mol. The van der Waals surface area contributed by atoms with E-state index in [1.54, 1.807) is 6.07 Å². The van der Waals surface area contributed by atoms with Crippen LogP contribution in [0.3, 0.4) is 0 Å². The average Bonchev–Trinajstić information content (AvgIpc) is 2.23. The van der Waals surface area contributed by atoms with Gasteiger partial charge in [-0.1, -0.05) is 19.9 Å². The van der Waals surface area contributed by atoms with E-state index in [-0.39, 0.29) is 17.9 Å². The summed E-state index contributed by atoms with van der Waals surface area (Å²) in [6, 6.07) is 2.71. The first kappa shape index (κ1) is 14.6. The van der Waals surface area contributed by atoms with E-state index in [0.717, 1.165) is 6.07 Å². The van der Waals surface area contributed by atoms with Crippen LogP contribution in [0.4, 0.5) is 8.78 Å². The van der Waals surface area contributed by atoms with Crippen LogP contribution >= 0.6 is 0 Å². The highest BCUT2D eigenvalue weighted by Crippen LogP contribution is 2.27. The van der Waals surface area contributed by atoms with Gasteiger partial charge in [0.1, 0.15) is 0 Å². The molecule has 0 bridgehead atoms. The van der Waals surface area contributed by atoms with Gasteiger partial charge in [-0.15, -0.1) is 0 Å². The van der Waals surface area contributed by atoms with E-state index in [2.05, 4.69) is 0 Å². The summed E-state index contributed by atoms with van der Waals surface area (Å²) in [5.74, 6) is -2.84. The molecule has 0 aliphatic heterocycles. The summed E-state index contributed by atoms with van der Waals surface area (Å²) in [6.45, 7) is 6.74. The SMILES string of the molecule is CC(C)c1cc(F)c(F)c(CC(C)(C)C(=O)O)c1. The van der Waals surface area contributed by atoms with Gasteiger partial charge >= 0.3 is 5.97 Å². The minimum Gasteiger partial charge on any atom is -0.481 e. The first-order valence-electron chi connectivity index (χ1n) is 5.86. The molecule has 0 atom stereocenters. The Morgan fingerprint density at radius 2 is 1.89 bits per heavy atom. The van der Waals surface area contributed by atoms with Crippen molar-refractivity contribution in [3.05, 3.63) is 34.9 Å². The number of carboxylic acids is 1. The van der Waals surface area contributed by atoms with Gasteiger partial charge in [-0.05, 0) is 43.4 Å². The molecule has 1 aromatic rings. The molecule has 0 saturated carbocycles. The fourth-order valence-corrected chi connectivity index (χ4v) is 1.68. The number of hydrogen-bond acceptors (Lipinski definition) is 1. The van der Waals surface area contributed by atoms with Crippen molar-refractivity contribution in [2.45, 2.75) is 40.0 Å². The molecule has 0 aliphatic carbocycles. The van der Waals surface area contributed by atoms with Gasteiger partial charge in [0.05, 0.1) is 5.41 Å². The van der Waals surface area contributed by atoms with Crippen LogP contribution < -0.4 is 0 Å². The van der Waals surface area contributed by atoms with E-state index in [0.29, 0.717) is 5.56 Å². The summed E-state index contributed by atoms with van der Waals surface area (Å²) >= 11 is 0. The van der Waals surface area contributed by atoms with Crippen LogP contribution in [0, 0.1) is 17.0 Å². The van der Waals surface area contributed by atoms with Gasteiger partial charge in [-0.25, -0.2) is 8.78 Å². The molecule has 1 aromatic carbocycles. The largest absolute Gasteiger partial charge is 0.481 e. The Morgan fingerprint density at radius 3 is 2.33 bits per heavy atom. The standard InChI is InChI=1S/C14H18F2O2/c1-8(2)9-5-10(12(16)11(15)6-9)7-14(3,4)13(17)18/h5-6,8H,7H2,1-4H3,(H,17,18). The van der Waals surface area contributed by atoms with Crippen molar-refractivity contribution >= 4 is 5.97 Å². The number of carbonyl (C=O) groups is 1. The first-order chi connectivity index (χ1) is 8.15. The third-order valence-corrected chi connectivity index (χ3v) is 3.00. The normalized spacial score (nSPS) is 11.9. The lowest BCUT2D eigenvalue weighted by Gasteiger charge is -2.20. The molecule has 0 amide bonds. The number of aliphatic carboxylic acids is 1. The lowest BCUT2D eigenvalue weighted by molar-refractivity contribution is -0.146. The maximum atomic E-state index is 13.7. The minimum atomic E-state index is -1.12. The molecule has 0 aromatic heterocycles. The van der Waals surface area contributed by atoms with Crippen LogP contribution in [0.1, 0.15) is 44.7 Å². The molecule has 0 heterocycles. The summed E-state index contributed by atoms with van der Waals surface area (Å²) in [5, 5.41) is 9.03. The van der Waals surface area contributed by atoms with E-state index in [1.807, 2.05) is 13.8 Å². The smallest absolute Gasteiger partial charge is 0.309 e. The van der Waals surface area contributed by atoms with Gasteiger partial charge in [0.15, 0.2) is 11.6 Å². The van der Waals surface area contributed by atoms with Crippen molar-refractivity contribution in [1.82, 2.24) is 0 Å². The molecule has 100 valence electrons. The van der Waals surface area contributed by atoms with Crippen LogP contribution in [0.2, 0.25) is 0 Å². The average molecular weight is 256 g/mol. The molecule has 0 aliphatic rings. The Hall–Kier alpha value is -1.45. The van der Waals surface area contributed by atoms with Gasteiger partial charge in [0.25, 0.3) is 0 Å². The quantitative estimate of drug-likeness (QED) is 0.891. The Kier molecular flexibility index (Phi) is 4.09. The fraction of sp³-hybridized carbons (Fsp3) is 0.500. The Balaban J connectivity index is 3.20. The zero-order valence-corrected chi connectivity index (χ0v) is 11.1. The molecule has 0 spiro atoms. The Labute approximate surface area is 106 Å². The molecule has 0 radical (unpaired) electrons. The number of halogens is 2. The molecular formula is C14H18F2O2. The second-order valence-electron chi connectivity index (χ2n) is 5.50. The van der Waals surface area contributed by atoms with E-state index < -0.39 is 23.0 Å². The Bertz CT molecular complexity index is 465. The lowest BCUT2D eigenvalue weighted by Crippen LogP contribution is -2.26. The maximum Gasteiger partial charge on any atom is 0.309 e. The summed E-state index contributed by atoms with van der Waals surface area (Å²) in [4.78, 5) is 11.0. The second kappa shape index (κ2) is 5.04. The van der Waals surface area contributed by atoms with Crippen molar-refractivity contribution in [1.29, 1.82) is 0 Å². The highest BCUT2D eigenvalue weighted by molar-refractivity contribution is 5.74. The predicted octanol–water partition coefficient (Wildman–Crippen LogP) is 3.74. The summed E-state index contributed by atoms with van der Waals surface area (Å²) in [6.07, 6.45) is -0.0361. The van der Waals surface area contributed by atoms with Crippen molar-refractivity contribution in [3.8, 4) is 0 Å². The van der Waals surface area contributed by atoms with E-state index in [1.165, 1.54) is 13.8 Å². The molecule has 2 nitrogen and oxygen atoms in total. The van der Waals surface area contributed by atoms with E-state index in [4.69, 9.17) is 5.11 Å². The molecule has 0 unspecified atom stereocenters. The summed E-state index contributed by atoms with van der Waals surface area (Å²) in [5.41, 5.74) is -0.334. The molecule has 0 saturated heterocycles. The predicted molar refractivity (Wildman–Crippen MR) is 65.6 cm³/mol. The Morgan fingerprint density at radius 1 is 1.33 bits per heavy atom. The van der Waals surface area contributed by atoms with Crippen molar-refractivity contribution < 1.29 is 18.7 Å². The molecule has 4 heteroatoms. The topological polar surface area (TPSA) is 37.3 Å². The van der Waals surface area contributed by atoms with Crippen LogP contribution in [-0.2, 0) is 11.2 Å². The second-order valence-corrected chi connectivity index (χ2v) is 5.50. The van der Waals surface area contributed by atoms with Gasteiger partial charge < -0.3 is 5.11 Å². The fourth-order valence-electron chi connectivity index (χ4n) is 1.68. The van der Waals surface area contributed by atoms with Gasteiger partial charge in [-0.3, -0.25) is 4.79 Å². The molecule has 1 rings (SSSR count). The zero-order valence-electron chi connectivity index (χ0n) is 11.1. The first-order valence-corrected chi connectivity index (χ1v) is 5.86. The maximum absolute atomic E-state index is 13.7. The lowest BCUT2D eigenvalue weighted by atomic mass is 9.84. The summed E-state index contributed by atoms with van der Waals surface area (Å²) < 4.78 is 27.1. The number of hydrogen-bond donors (Lipinski definition) is 1. The zero-order chi connectivity index (χ0) is 14.1. The number of rotatable bonds is 4. The van der Waals surface area contributed by atoms with Crippen LogP contribution in [0.5, 0.6) is 0 Å². The van der Waals surface area contributed by atoms with Gasteiger partial charge in [0.2, 0.25) is 0 Å². The minimum absolute atomic E-state index is 0.0361. The highest BCUT2D eigenvalue weighted by Gasteiger charge is 2.29. The van der Waals surface area contributed by atoms with Crippen LogP contribution in [0.15, 0.2) is 12.1 Å². The van der Waals surface area contributed by atoms with Gasteiger partial charge in [-0.2, -0.15) is 0 Å². The van der Waals surface area contributed by atoms with Crippen LogP contribution in [0.25, 0.3) is 0 Å².